The third kappa shape index (κ3) is 8.53. The highest BCUT2D eigenvalue weighted by Crippen LogP contribution is 2.25. The highest BCUT2D eigenvalue weighted by Gasteiger charge is 2.28. The average molecular weight is 604 g/mol. The molecule has 3 N–H and O–H groups in total. The van der Waals surface area contributed by atoms with Crippen LogP contribution in [0.15, 0.2) is 54.7 Å². The predicted molar refractivity (Wildman–Crippen MR) is 158 cm³/mol. The molecule has 1 aliphatic rings. The van der Waals surface area contributed by atoms with Gasteiger partial charge in [-0.2, -0.15) is 0 Å². The summed E-state index contributed by atoms with van der Waals surface area (Å²) in [5.41, 5.74) is 5.46. The molecule has 1 aliphatic heterocycles. The maximum atomic E-state index is 14.4. The van der Waals surface area contributed by atoms with Gasteiger partial charge in [0.05, 0.1) is 18.4 Å². The number of aromatic nitrogens is 1. The fourth-order valence-corrected chi connectivity index (χ4v) is 4.78. The number of halogens is 3. The van der Waals surface area contributed by atoms with Crippen molar-refractivity contribution in [2.45, 2.75) is 45.2 Å². The first kappa shape index (κ1) is 32.6. The van der Waals surface area contributed by atoms with Crippen LogP contribution in [0.2, 0.25) is 0 Å². The summed E-state index contributed by atoms with van der Waals surface area (Å²) in [5, 5.41) is 2.52. The van der Waals surface area contributed by atoms with Crippen LogP contribution in [0, 0.1) is 11.6 Å². The largest absolute Gasteiger partial charge is 0.497 e. The number of hydrogen-bond acceptors (Lipinski definition) is 6. The summed E-state index contributed by atoms with van der Waals surface area (Å²) in [5.74, 6) is -1.17. The molecule has 0 saturated carbocycles. The van der Waals surface area contributed by atoms with Gasteiger partial charge in [0.25, 0.3) is 5.91 Å². The molecule has 1 aromatic heterocycles. The van der Waals surface area contributed by atoms with E-state index in [1.165, 1.54) is 0 Å². The molecule has 226 valence electrons. The molecule has 0 spiro atoms. The van der Waals surface area contributed by atoms with Crippen LogP contribution < -0.4 is 20.5 Å². The Bertz CT molecular complexity index is 1340. The van der Waals surface area contributed by atoms with Gasteiger partial charge in [-0.15, -0.1) is 12.4 Å². The molecule has 0 radical (unpaired) electrons. The number of carbonyl (C=O) groups is 2. The number of pyridine rings is 1. The summed E-state index contributed by atoms with van der Waals surface area (Å²) < 4.78 is 39.2. The molecule has 4 rings (SSSR count). The van der Waals surface area contributed by atoms with Crippen LogP contribution in [0.5, 0.6) is 17.4 Å². The van der Waals surface area contributed by atoms with Crippen LogP contribution in [-0.4, -0.2) is 59.5 Å². The van der Waals surface area contributed by atoms with Gasteiger partial charge in [-0.3, -0.25) is 9.69 Å². The number of hydrogen-bond donors (Lipinski definition) is 2. The summed E-state index contributed by atoms with van der Waals surface area (Å²) in [7, 11) is 1.61. The lowest BCUT2D eigenvalue weighted by Gasteiger charge is -2.38. The van der Waals surface area contributed by atoms with Crippen LogP contribution >= 0.6 is 12.4 Å². The van der Waals surface area contributed by atoms with Crippen molar-refractivity contribution in [1.82, 2.24) is 14.8 Å². The topological polar surface area (TPSA) is 110 Å². The number of unbranched alkanes of at least 4 members (excludes halogenated alkanes) is 1. The van der Waals surface area contributed by atoms with Crippen LogP contribution in [0.25, 0.3) is 0 Å². The normalized spacial score (nSPS) is 13.6. The van der Waals surface area contributed by atoms with Crippen molar-refractivity contribution in [2.75, 3.05) is 32.1 Å². The number of anilines is 1. The minimum Gasteiger partial charge on any atom is -0.497 e. The quantitative estimate of drug-likeness (QED) is 0.279. The molecule has 0 bridgehead atoms. The third-order valence-electron chi connectivity index (χ3n) is 7.06. The Morgan fingerprint density at radius 2 is 1.76 bits per heavy atom. The second kappa shape index (κ2) is 15.3. The predicted octanol–water partition coefficient (Wildman–Crippen LogP) is 5.98. The lowest BCUT2D eigenvalue weighted by Crippen LogP contribution is -2.49. The average Bonchev–Trinajstić information content (AvgIpc) is 2.96. The van der Waals surface area contributed by atoms with Gasteiger partial charge in [0.15, 0.2) is 0 Å². The number of nitrogens with zero attached hydrogens (tertiary/aromatic N) is 3. The minimum atomic E-state index is -1.07. The smallest absolute Gasteiger partial charge is 0.322 e. The van der Waals surface area contributed by atoms with Gasteiger partial charge in [0, 0.05) is 50.6 Å². The molecule has 3 amide bonds. The second-order valence-electron chi connectivity index (χ2n) is 9.94. The number of likely N-dealkylation sites (tertiary alicyclic amines) is 1. The molecule has 3 aromatic rings. The molecular weight excluding hydrogens is 568 g/mol. The Hall–Kier alpha value is -3.96. The van der Waals surface area contributed by atoms with E-state index >= 15 is 0 Å². The van der Waals surface area contributed by atoms with E-state index in [0.29, 0.717) is 30.8 Å². The van der Waals surface area contributed by atoms with E-state index in [2.05, 4.69) is 15.2 Å². The SMILES string of the molecule is CCCCN(C(=O)Nc1cc(C(N)=O)c(F)cc1F)C1CCN(Cc2ccc(Oc3ccc(OC)cc3)nc2)CC1.Cl. The summed E-state index contributed by atoms with van der Waals surface area (Å²) in [6.07, 6.45) is 4.93. The molecule has 0 atom stereocenters. The summed E-state index contributed by atoms with van der Waals surface area (Å²) in [4.78, 5) is 33.1. The Labute approximate surface area is 250 Å². The maximum absolute atomic E-state index is 14.4. The van der Waals surface area contributed by atoms with E-state index in [9.17, 15) is 18.4 Å². The van der Waals surface area contributed by atoms with Crippen LogP contribution in [0.3, 0.4) is 0 Å². The van der Waals surface area contributed by atoms with Gasteiger partial charge in [0.1, 0.15) is 23.1 Å². The molecular formula is C30H36ClF2N5O4. The number of urea groups is 1. The third-order valence-corrected chi connectivity index (χ3v) is 7.06. The van der Waals surface area contributed by atoms with Gasteiger partial charge in [-0.25, -0.2) is 18.6 Å². The number of piperidine rings is 1. The maximum Gasteiger partial charge on any atom is 0.322 e. The first-order chi connectivity index (χ1) is 19.8. The highest BCUT2D eigenvalue weighted by molar-refractivity contribution is 5.96. The summed E-state index contributed by atoms with van der Waals surface area (Å²) >= 11 is 0. The minimum absolute atomic E-state index is 0. The van der Waals surface area contributed by atoms with Crippen LogP contribution in [0.4, 0.5) is 19.3 Å². The number of carbonyl (C=O) groups excluding carboxylic acids is 2. The molecule has 0 aliphatic carbocycles. The number of methoxy groups -OCH3 is 1. The van der Waals surface area contributed by atoms with Crippen molar-refractivity contribution in [3.8, 4) is 17.4 Å². The first-order valence-electron chi connectivity index (χ1n) is 13.6. The summed E-state index contributed by atoms with van der Waals surface area (Å²) in [6, 6.07) is 12.0. The van der Waals surface area contributed by atoms with Gasteiger partial charge in [-0.05, 0) is 55.2 Å². The van der Waals surface area contributed by atoms with Crippen molar-refractivity contribution in [2.24, 2.45) is 5.73 Å². The van der Waals surface area contributed by atoms with Gasteiger partial charge in [0.2, 0.25) is 5.88 Å². The van der Waals surface area contributed by atoms with E-state index in [0.717, 1.165) is 56.2 Å². The van der Waals surface area contributed by atoms with Crippen molar-refractivity contribution >= 4 is 30.0 Å². The molecule has 1 saturated heterocycles. The standard InChI is InChI=1S/C30H35F2N5O4.ClH/c1-3-4-13-37(30(39)35-27-16-24(29(33)38)25(31)17-26(27)32)21-11-14-36(15-12-21)19-20-5-10-28(34-18-20)41-23-8-6-22(40-2)7-9-23;/h5-10,16-18,21H,3-4,11-15,19H2,1-2H3,(H2,33,38)(H,35,39);1H. The van der Waals surface area contributed by atoms with Crippen molar-refractivity contribution in [3.05, 3.63) is 77.5 Å². The Kier molecular flexibility index (Phi) is 11.9. The van der Waals surface area contributed by atoms with E-state index in [-0.39, 0.29) is 24.1 Å². The van der Waals surface area contributed by atoms with Crippen molar-refractivity contribution in [3.63, 3.8) is 0 Å². The zero-order valence-corrected chi connectivity index (χ0v) is 24.5. The lowest BCUT2D eigenvalue weighted by molar-refractivity contribution is 0.0996. The molecule has 0 unspecified atom stereocenters. The fraction of sp³-hybridized carbons (Fsp3) is 0.367. The van der Waals surface area contributed by atoms with E-state index in [1.54, 1.807) is 18.2 Å². The van der Waals surface area contributed by atoms with E-state index < -0.39 is 29.1 Å². The number of nitrogens with one attached hydrogen (secondary N) is 1. The van der Waals surface area contributed by atoms with Crippen molar-refractivity contribution in [1.29, 1.82) is 0 Å². The van der Waals surface area contributed by atoms with Crippen molar-refractivity contribution < 1.29 is 27.8 Å². The summed E-state index contributed by atoms with van der Waals surface area (Å²) in [6.45, 7) is 4.76. The number of benzene rings is 2. The zero-order valence-electron chi connectivity index (χ0n) is 23.6. The fourth-order valence-electron chi connectivity index (χ4n) is 4.78. The van der Waals surface area contributed by atoms with Gasteiger partial charge >= 0.3 is 6.03 Å². The van der Waals surface area contributed by atoms with Gasteiger partial charge in [-0.1, -0.05) is 19.4 Å². The number of nitrogens with two attached hydrogens (primary N) is 1. The first-order valence-corrected chi connectivity index (χ1v) is 13.6. The zero-order chi connectivity index (χ0) is 29.4. The molecule has 9 nitrogen and oxygen atoms in total. The monoisotopic (exact) mass is 603 g/mol. The molecule has 2 aromatic carbocycles. The second-order valence-corrected chi connectivity index (χ2v) is 9.94. The number of amides is 3. The van der Waals surface area contributed by atoms with Gasteiger partial charge < -0.3 is 25.4 Å². The highest BCUT2D eigenvalue weighted by atomic mass is 35.5. The molecule has 2 heterocycles. The Balaban J connectivity index is 0.00000484. The number of rotatable bonds is 11. The Morgan fingerprint density at radius 1 is 1.07 bits per heavy atom. The Morgan fingerprint density at radius 3 is 2.36 bits per heavy atom. The number of ether oxygens (including phenoxy) is 2. The van der Waals surface area contributed by atoms with Crippen LogP contribution in [-0.2, 0) is 6.54 Å². The number of primary amides is 1. The van der Waals surface area contributed by atoms with E-state index in [4.69, 9.17) is 15.2 Å². The van der Waals surface area contributed by atoms with Crippen LogP contribution in [0.1, 0.15) is 48.5 Å². The molecule has 12 heteroatoms. The molecule has 1 fully saturated rings. The lowest BCUT2D eigenvalue weighted by atomic mass is 10.0. The molecule has 42 heavy (non-hydrogen) atoms. The van der Waals surface area contributed by atoms with E-state index in [1.807, 2.05) is 43.3 Å².